The number of nitrogens with zero attached hydrogens (tertiary/aromatic N) is 2. The molecule has 28 heavy (non-hydrogen) atoms. The molecule has 0 aliphatic heterocycles. The number of furan rings is 1. The summed E-state index contributed by atoms with van der Waals surface area (Å²) in [7, 11) is 0. The minimum absolute atomic E-state index is 0.362. The van der Waals surface area contributed by atoms with Crippen molar-refractivity contribution >= 4 is 0 Å². The summed E-state index contributed by atoms with van der Waals surface area (Å²) in [6, 6.07) is 17.3. The van der Waals surface area contributed by atoms with Gasteiger partial charge in [-0.15, -0.1) is 0 Å². The fraction of sp³-hybridized carbons (Fsp3) is 0.0952. The van der Waals surface area contributed by atoms with Gasteiger partial charge in [0.25, 0.3) is 0 Å². The van der Waals surface area contributed by atoms with E-state index >= 15 is 0 Å². The van der Waals surface area contributed by atoms with Gasteiger partial charge in [0, 0.05) is 5.56 Å². The van der Waals surface area contributed by atoms with Crippen LogP contribution in [0.2, 0.25) is 0 Å². The number of nitrogens with one attached hydrogen (secondary N) is 1. The van der Waals surface area contributed by atoms with Crippen molar-refractivity contribution < 1.29 is 4.42 Å². The monoisotopic (exact) mass is 375 g/mol. The van der Waals surface area contributed by atoms with Crippen LogP contribution in [0.25, 0.3) is 22.7 Å². The number of benzene rings is 2. The lowest BCUT2D eigenvalue weighted by Crippen LogP contribution is -2.48. The van der Waals surface area contributed by atoms with Gasteiger partial charge in [0.1, 0.15) is 11.5 Å². The zero-order valence-electron chi connectivity index (χ0n) is 15.3. The molecule has 2 aromatic carbocycles. The van der Waals surface area contributed by atoms with Crippen LogP contribution in [-0.2, 0) is 0 Å². The third-order valence-electron chi connectivity index (χ3n) is 4.49. The first-order chi connectivity index (χ1) is 13.5. The molecule has 0 saturated carbocycles. The molecule has 0 aliphatic carbocycles. The molecular weight excluding hydrogens is 358 g/mol. The molecule has 0 spiro atoms. The van der Waals surface area contributed by atoms with Crippen molar-refractivity contribution in [1.29, 1.82) is 0 Å². The van der Waals surface area contributed by atoms with Gasteiger partial charge in [-0.05, 0) is 61.9 Å². The first-order valence-corrected chi connectivity index (χ1v) is 8.67. The summed E-state index contributed by atoms with van der Waals surface area (Å²) in [6.45, 7) is 3.72. The predicted molar refractivity (Wildman–Crippen MR) is 105 cm³/mol. The van der Waals surface area contributed by atoms with Gasteiger partial charge in [-0.1, -0.05) is 18.2 Å². The zero-order chi connectivity index (χ0) is 19.8. The second-order valence-electron chi connectivity index (χ2n) is 6.43. The van der Waals surface area contributed by atoms with Crippen LogP contribution < -0.4 is 17.1 Å². The van der Waals surface area contributed by atoms with Crippen LogP contribution in [0, 0.1) is 13.8 Å². The van der Waals surface area contributed by atoms with Crippen molar-refractivity contribution in [3.8, 4) is 22.7 Å². The normalized spacial score (nSPS) is 10.9. The van der Waals surface area contributed by atoms with Crippen LogP contribution in [0.3, 0.4) is 0 Å². The number of para-hydroxylation sites is 1. The average Bonchev–Trinajstić information content (AvgIpc) is 3.08. The van der Waals surface area contributed by atoms with Crippen LogP contribution in [-0.4, -0.2) is 14.1 Å². The maximum Gasteiger partial charge on any atom is 0.345 e. The Morgan fingerprint density at radius 1 is 0.786 bits per heavy atom. The molecule has 140 valence electrons. The Kier molecular flexibility index (Phi) is 4.19. The third-order valence-corrected chi connectivity index (χ3v) is 4.49. The Bertz CT molecular complexity index is 1340. The summed E-state index contributed by atoms with van der Waals surface area (Å²) in [5.41, 5.74) is 0.122. The Hall–Kier alpha value is -3.87. The molecule has 4 aromatic rings. The number of aromatic amines is 1. The molecule has 2 heterocycles. The predicted octanol–water partition coefficient (Wildman–Crippen LogP) is 2.55. The van der Waals surface area contributed by atoms with Gasteiger partial charge < -0.3 is 4.42 Å². The zero-order valence-corrected chi connectivity index (χ0v) is 15.3. The first-order valence-electron chi connectivity index (χ1n) is 8.67. The van der Waals surface area contributed by atoms with E-state index in [1.165, 1.54) is 0 Å². The van der Waals surface area contributed by atoms with Gasteiger partial charge in [0.2, 0.25) is 0 Å². The molecule has 0 aliphatic rings. The molecule has 4 rings (SSSR count). The Morgan fingerprint density at radius 3 is 2.07 bits per heavy atom. The number of hydrogen-bond acceptors (Lipinski definition) is 4. The second kappa shape index (κ2) is 6.70. The summed E-state index contributed by atoms with van der Waals surface area (Å²) in [5, 5.41) is 0. The van der Waals surface area contributed by atoms with Crippen molar-refractivity contribution in [2.45, 2.75) is 13.8 Å². The molecule has 0 radical (unpaired) electrons. The van der Waals surface area contributed by atoms with E-state index in [9.17, 15) is 14.4 Å². The molecule has 7 nitrogen and oxygen atoms in total. The number of hydrogen-bond donors (Lipinski definition) is 1. The highest BCUT2D eigenvalue weighted by Crippen LogP contribution is 2.26. The lowest BCUT2D eigenvalue weighted by molar-refractivity contribution is 0.548. The fourth-order valence-corrected chi connectivity index (χ4v) is 3.15. The molecule has 0 saturated heterocycles. The molecule has 1 N–H and O–H groups in total. The van der Waals surface area contributed by atoms with Gasteiger partial charge in [-0.25, -0.2) is 23.5 Å². The topological polar surface area (TPSA) is 90.0 Å². The maximum atomic E-state index is 13.0. The van der Waals surface area contributed by atoms with Crippen molar-refractivity contribution in [2.24, 2.45) is 0 Å². The van der Waals surface area contributed by atoms with E-state index in [0.717, 1.165) is 26.0 Å². The molecule has 0 bridgehead atoms. The highest BCUT2D eigenvalue weighted by molar-refractivity contribution is 5.64. The van der Waals surface area contributed by atoms with Gasteiger partial charge >= 0.3 is 17.1 Å². The summed E-state index contributed by atoms with van der Waals surface area (Å²) >= 11 is 0. The van der Waals surface area contributed by atoms with Gasteiger partial charge in [-0.2, -0.15) is 0 Å². The molecule has 2 aromatic heterocycles. The molecule has 0 amide bonds. The summed E-state index contributed by atoms with van der Waals surface area (Å²) < 4.78 is 7.53. The molecule has 0 atom stereocenters. The summed E-state index contributed by atoms with van der Waals surface area (Å²) in [5.74, 6) is 1.50. The lowest BCUT2D eigenvalue weighted by Gasteiger charge is -2.11. The van der Waals surface area contributed by atoms with Crippen LogP contribution in [0.5, 0.6) is 0 Å². The molecule has 0 fully saturated rings. The van der Waals surface area contributed by atoms with E-state index < -0.39 is 17.1 Å². The van der Waals surface area contributed by atoms with E-state index in [4.69, 9.17) is 4.42 Å². The van der Waals surface area contributed by atoms with Crippen molar-refractivity contribution in [3.05, 3.63) is 103 Å². The molecule has 0 unspecified atom stereocenters. The van der Waals surface area contributed by atoms with E-state index in [0.29, 0.717) is 17.1 Å². The number of aryl methyl sites for hydroxylation is 2. The van der Waals surface area contributed by atoms with Gasteiger partial charge in [0.05, 0.1) is 11.4 Å². The fourth-order valence-electron chi connectivity index (χ4n) is 3.15. The summed E-state index contributed by atoms with van der Waals surface area (Å²) in [6.07, 6.45) is 0. The first kappa shape index (κ1) is 17.5. The van der Waals surface area contributed by atoms with Gasteiger partial charge in [0.15, 0.2) is 0 Å². The van der Waals surface area contributed by atoms with Gasteiger partial charge in [-0.3, -0.25) is 4.98 Å². The summed E-state index contributed by atoms with van der Waals surface area (Å²) in [4.78, 5) is 39.8. The Labute approximate surface area is 159 Å². The number of rotatable bonds is 3. The minimum Gasteiger partial charge on any atom is -0.461 e. The van der Waals surface area contributed by atoms with Crippen LogP contribution in [0.1, 0.15) is 11.3 Å². The SMILES string of the molecule is Cc1ccc(-c2ccc(-n3c(=O)[nH]c(=O)n(-c4ccccc4)c3=O)cc2C)o1. The quantitative estimate of drug-likeness (QED) is 0.596. The largest absolute Gasteiger partial charge is 0.461 e. The number of H-pyrrole nitrogens is 1. The minimum atomic E-state index is -0.789. The Balaban J connectivity index is 1.91. The highest BCUT2D eigenvalue weighted by atomic mass is 16.3. The average molecular weight is 375 g/mol. The standard InChI is InChI=1S/C21H17N3O4/c1-13-12-16(9-10-17(13)18-11-8-14(2)28-18)24-20(26)22-19(25)23(21(24)27)15-6-4-3-5-7-15/h3-12H,1-2H3,(H,22,25,26). The van der Waals surface area contributed by atoms with Crippen molar-refractivity contribution in [2.75, 3.05) is 0 Å². The number of aromatic nitrogens is 3. The Morgan fingerprint density at radius 2 is 1.46 bits per heavy atom. The maximum absolute atomic E-state index is 13.0. The van der Waals surface area contributed by atoms with E-state index in [2.05, 4.69) is 4.98 Å². The smallest absolute Gasteiger partial charge is 0.345 e. The highest BCUT2D eigenvalue weighted by Gasteiger charge is 2.14. The van der Waals surface area contributed by atoms with E-state index in [-0.39, 0.29) is 0 Å². The van der Waals surface area contributed by atoms with Crippen molar-refractivity contribution in [1.82, 2.24) is 14.1 Å². The van der Waals surface area contributed by atoms with Crippen LogP contribution in [0.15, 0.2) is 79.5 Å². The van der Waals surface area contributed by atoms with E-state index in [1.807, 2.05) is 26.0 Å². The van der Waals surface area contributed by atoms with Crippen molar-refractivity contribution in [3.63, 3.8) is 0 Å². The van der Waals surface area contributed by atoms with Crippen LogP contribution >= 0.6 is 0 Å². The molecule has 7 heteroatoms. The third kappa shape index (κ3) is 2.92. The second-order valence-corrected chi connectivity index (χ2v) is 6.43. The lowest BCUT2D eigenvalue weighted by atomic mass is 10.1. The van der Waals surface area contributed by atoms with E-state index in [1.54, 1.807) is 48.5 Å². The molecular formula is C21H17N3O4. The van der Waals surface area contributed by atoms with Crippen LogP contribution in [0.4, 0.5) is 0 Å².